The number of thiophene rings is 1. The van der Waals surface area contributed by atoms with Crippen molar-refractivity contribution in [2.45, 2.75) is 11.1 Å². The third-order valence-electron chi connectivity index (χ3n) is 2.46. The lowest BCUT2D eigenvalue weighted by Crippen LogP contribution is -2.13. The van der Waals surface area contributed by atoms with E-state index < -0.39 is 10.0 Å². The molecule has 0 spiro atoms. The largest absolute Gasteiger partial charge is 0.397 e. The minimum Gasteiger partial charge on any atom is -0.397 e. The summed E-state index contributed by atoms with van der Waals surface area (Å²) in [4.78, 5) is 0.335. The smallest absolute Gasteiger partial charge is 0.271 e. The van der Waals surface area contributed by atoms with Crippen LogP contribution in [-0.2, 0) is 10.0 Å². The quantitative estimate of drug-likeness (QED) is 0.810. The number of sulfonamides is 1. The Hall–Kier alpha value is -1.56. The Labute approximate surface area is 129 Å². The monoisotopic (exact) mass is 371 g/mol. The maximum absolute atomic E-state index is 12.2. The van der Waals surface area contributed by atoms with Crippen LogP contribution in [0.2, 0.25) is 0 Å². The van der Waals surface area contributed by atoms with Crippen LogP contribution in [0.1, 0.15) is 10.4 Å². The van der Waals surface area contributed by atoms with Gasteiger partial charge in [0.25, 0.3) is 10.0 Å². The van der Waals surface area contributed by atoms with Gasteiger partial charge in [-0.05, 0) is 52.7 Å². The van der Waals surface area contributed by atoms with E-state index in [-0.39, 0.29) is 4.21 Å². The lowest BCUT2D eigenvalue weighted by atomic mass is 10.2. The molecule has 8 heteroatoms. The van der Waals surface area contributed by atoms with Gasteiger partial charge in [-0.25, -0.2) is 8.42 Å². The number of nitrogen functional groups attached to an aromatic ring is 1. The second-order valence-corrected chi connectivity index (χ2v) is 7.89. The zero-order chi connectivity index (χ0) is 14.9. The molecule has 3 N–H and O–H groups in total. The SMILES string of the molecule is Cc1cc(N)c(NS(=O)(=O)c2ccc(C#N)s2)c(Br)c1. The first-order chi connectivity index (χ1) is 9.33. The molecule has 0 amide bonds. The Morgan fingerprint density at radius 3 is 2.65 bits per heavy atom. The standard InChI is InChI=1S/C12H10BrN3O2S2/c1-7-4-9(13)12(10(15)5-7)16-20(17,18)11-3-2-8(6-14)19-11/h2-5,16H,15H2,1H3. The highest BCUT2D eigenvalue weighted by atomic mass is 79.9. The van der Waals surface area contributed by atoms with E-state index >= 15 is 0 Å². The summed E-state index contributed by atoms with van der Waals surface area (Å²) in [5, 5.41) is 8.74. The van der Waals surface area contributed by atoms with E-state index in [1.807, 2.05) is 13.0 Å². The zero-order valence-electron chi connectivity index (χ0n) is 10.3. The summed E-state index contributed by atoms with van der Waals surface area (Å²) < 4.78 is 27.5. The second kappa shape index (κ2) is 5.44. The van der Waals surface area contributed by atoms with Gasteiger partial charge >= 0.3 is 0 Å². The highest BCUT2D eigenvalue weighted by Crippen LogP contribution is 2.33. The van der Waals surface area contributed by atoms with Gasteiger partial charge in [-0.15, -0.1) is 11.3 Å². The lowest BCUT2D eigenvalue weighted by molar-refractivity contribution is 0.603. The zero-order valence-corrected chi connectivity index (χ0v) is 13.6. The molecule has 0 radical (unpaired) electrons. The van der Waals surface area contributed by atoms with Gasteiger partial charge < -0.3 is 5.73 Å². The summed E-state index contributed by atoms with van der Waals surface area (Å²) in [6.07, 6.45) is 0. The number of benzene rings is 1. The van der Waals surface area contributed by atoms with Crippen LogP contribution in [0, 0.1) is 18.3 Å². The van der Waals surface area contributed by atoms with Gasteiger partial charge in [0.1, 0.15) is 15.2 Å². The van der Waals surface area contributed by atoms with E-state index in [0.717, 1.165) is 16.9 Å². The fourth-order valence-electron chi connectivity index (χ4n) is 1.59. The molecule has 0 unspecified atom stereocenters. The van der Waals surface area contributed by atoms with Gasteiger partial charge in [0.15, 0.2) is 0 Å². The third-order valence-corrected chi connectivity index (χ3v) is 5.91. The number of nitrogens with one attached hydrogen (secondary N) is 1. The molecule has 0 atom stereocenters. The van der Waals surface area contributed by atoms with Crippen molar-refractivity contribution in [2.24, 2.45) is 0 Å². The van der Waals surface area contributed by atoms with Gasteiger partial charge in [0, 0.05) is 4.47 Å². The Kier molecular flexibility index (Phi) is 4.04. The van der Waals surface area contributed by atoms with Crippen molar-refractivity contribution < 1.29 is 8.42 Å². The van der Waals surface area contributed by atoms with Crippen molar-refractivity contribution in [3.8, 4) is 6.07 Å². The van der Waals surface area contributed by atoms with Gasteiger partial charge in [0.05, 0.1) is 11.4 Å². The Morgan fingerprint density at radius 1 is 1.40 bits per heavy atom. The van der Waals surface area contributed by atoms with Crippen LogP contribution < -0.4 is 10.5 Å². The molecule has 20 heavy (non-hydrogen) atoms. The molecule has 1 heterocycles. The maximum Gasteiger partial charge on any atom is 0.271 e. The lowest BCUT2D eigenvalue weighted by Gasteiger charge is -2.12. The molecular formula is C12H10BrN3O2S2. The van der Waals surface area contributed by atoms with Gasteiger partial charge in [0.2, 0.25) is 0 Å². The predicted octanol–water partition coefficient (Wildman–Crippen LogP) is 3.07. The first kappa shape index (κ1) is 14.8. The predicted molar refractivity (Wildman–Crippen MR) is 83.1 cm³/mol. The second-order valence-electron chi connectivity index (χ2n) is 4.05. The molecule has 104 valence electrons. The number of rotatable bonds is 3. The summed E-state index contributed by atoms with van der Waals surface area (Å²) in [5.41, 5.74) is 7.37. The molecule has 0 aliphatic carbocycles. The maximum atomic E-state index is 12.2. The Balaban J connectivity index is 2.41. The van der Waals surface area contributed by atoms with Gasteiger partial charge in [-0.2, -0.15) is 5.26 Å². The average Bonchev–Trinajstić information content (AvgIpc) is 2.83. The summed E-state index contributed by atoms with van der Waals surface area (Å²) in [6.45, 7) is 1.86. The molecular weight excluding hydrogens is 362 g/mol. The fourth-order valence-corrected chi connectivity index (χ4v) is 4.62. The Bertz CT molecular complexity index is 783. The molecule has 0 saturated heterocycles. The van der Waals surface area contributed by atoms with Crippen LogP contribution in [0.25, 0.3) is 0 Å². The molecule has 0 aliphatic rings. The van der Waals surface area contributed by atoms with Crippen LogP contribution in [0.5, 0.6) is 0 Å². The normalized spacial score (nSPS) is 11.1. The molecule has 0 fully saturated rings. The van der Waals surface area contributed by atoms with Crippen molar-refractivity contribution >= 4 is 48.7 Å². The molecule has 0 bridgehead atoms. The minimum absolute atomic E-state index is 0.0703. The van der Waals surface area contributed by atoms with E-state index in [9.17, 15) is 8.42 Å². The number of nitriles is 1. The summed E-state index contributed by atoms with van der Waals surface area (Å²) >= 11 is 4.19. The summed E-state index contributed by atoms with van der Waals surface area (Å²) in [5.74, 6) is 0. The number of hydrogen-bond acceptors (Lipinski definition) is 5. The summed E-state index contributed by atoms with van der Waals surface area (Å²) in [7, 11) is -3.75. The first-order valence-electron chi connectivity index (χ1n) is 5.42. The van der Waals surface area contributed by atoms with Crippen LogP contribution in [-0.4, -0.2) is 8.42 Å². The van der Waals surface area contributed by atoms with Crippen LogP contribution in [0.4, 0.5) is 11.4 Å². The molecule has 5 nitrogen and oxygen atoms in total. The molecule has 2 rings (SSSR count). The highest BCUT2D eigenvalue weighted by Gasteiger charge is 2.19. The molecule has 1 aromatic carbocycles. The minimum atomic E-state index is -3.75. The summed E-state index contributed by atoms with van der Waals surface area (Å²) in [6, 6.07) is 8.21. The number of anilines is 2. The number of aryl methyl sites for hydroxylation is 1. The van der Waals surface area contributed by atoms with E-state index in [2.05, 4.69) is 20.7 Å². The number of hydrogen-bond donors (Lipinski definition) is 2. The van der Waals surface area contributed by atoms with Crippen molar-refractivity contribution in [2.75, 3.05) is 10.5 Å². The number of nitrogens with two attached hydrogens (primary N) is 1. The fraction of sp³-hybridized carbons (Fsp3) is 0.0833. The van der Waals surface area contributed by atoms with Crippen molar-refractivity contribution in [1.29, 1.82) is 5.26 Å². The van der Waals surface area contributed by atoms with Crippen molar-refractivity contribution in [3.63, 3.8) is 0 Å². The van der Waals surface area contributed by atoms with Crippen LogP contribution >= 0.6 is 27.3 Å². The number of halogens is 1. The molecule has 0 aliphatic heterocycles. The highest BCUT2D eigenvalue weighted by molar-refractivity contribution is 9.10. The average molecular weight is 372 g/mol. The van der Waals surface area contributed by atoms with E-state index in [1.54, 1.807) is 12.1 Å². The van der Waals surface area contributed by atoms with E-state index in [1.165, 1.54) is 12.1 Å². The first-order valence-corrected chi connectivity index (χ1v) is 8.51. The van der Waals surface area contributed by atoms with Crippen molar-refractivity contribution in [1.82, 2.24) is 0 Å². The third kappa shape index (κ3) is 2.95. The topological polar surface area (TPSA) is 96.0 Å². The Morgan fingerprint density at radius 2 is 2.10 bits per heavy atom. The van der Waals surface area contributed by atoms with Crippen molar-refractivity contribution in [3.05, 3.63) is 39.2 Å². The molecule has 1 aromatic heterocycles. The van der Waals surface area contributed by atoms with E-state index in [0.29, 0.717) is 20.7 Å². The van der Waals surface area contributed by atoms with Crippen LogP contribution in [0.15, 0.2) is 32.9 Å². The molecule has 2 aromatic rings. The molecule has 0 saturated carbocycles. The van der Waals surface area contributed by atoms with Crippen LogP contribution in [0.3, 0.4) is 0 Å². The van der Waals surface area contributed by atoms with E-state index in [4.69, 9.17) is 11.0 Å². The van der Waals surface area contributed by atoms with Gasteiger partial charge in [-0.1, -0.05) is 0 Å². The van der Waals surface area contributed by atoms with Gasteiger partial charge in [-0.3, -0.25) is 4.72 Å². The number of nitrogens with zero attached hydrogens (tertiary/aromatic N) is 1.